The predicted octanol–water partition coefficient (Wildman–Crippen LogP) is 3.00. The van der Waals surface area contributed by atoms with Gasteiger partial charge in [0.25, 0.3) is 0 Å². The second-order valence-corrected chi connectivity index (χ2v) is 5.40. The summed E-state index contributed by atoms with van der Waals surface area (Å²) in [5.41, 5.74) is 5.17. The zero-order chi connectivity index (χ0) is 14.5. The highest BCUT2D eigenvalue weighted by Crippen LogP contribution is 2.24. The Morgan fingerprint density at radius 1 is 1.45 bits per heavy atom. The fraction of sp³-hybridized carbons (Fsp3) is 0.400. The summed E-state index contributed by atoms with van der Waals surface area (Å²) >= 11 is 6.09. The Kier molecular flexibility index (Phi) is 5.17. The van der Waals surface area contributed by atoms with Gasteiger partial charge in [-0.3, -0.25) is 11.3 Å². The molecule has 1 heterocycles. The van der Waals surface area contributed by atoms with Crippen LogP contribution in [-0.4, -0.2) is 9.55 Å². The predicted molar refractivity (Wildman–Crippen MR) is 82.5 cm³/mol. The number of imidazole rings is 1. The first-order valence-corrected chi connectivity index (χ1v) is 7.25. The molecule has 1 unspecified atom stereocenters. The molecule has 5 heteroatoms. The molecule has 0 bridgehead atoms. The second-order valence-electron chi connectivity index (χ2n) is 4.96. The van der Waals surface area contributed by atoms with Gasteiger partial charge >= 0.3 is 0 Å². The fourth-order valence-electron chi connectivity index (χ4n) is 2.40. The highest BCUT2D eigenvalue weighted by Gasteiger charge is 2.16. The van der Waals surface area contributed by atoms with E-state index >= 15 is 0 Å². The lowest BCUT2D eigenvalue weighted by Crippen LogP contribution is -2.31. The van der Waals surface area contributed by atoms with Gasteiger partial charge in [-0.1, -0.05) is 24.6 Å². The Morgan fingerprint density at radius 2 is 2.25 bits per heavy atom. The molecular formula is C15H21ClN4. The minimum Gasteiger partial charge on any atom is -0.335 e. The summed E-state index contributed by atoms with van der Waals surface area (Å²) in [6.07, 6.45) is 5.67. The average molecular weight is 293 g/mol. The van der Waals surface area contributed by atoms with Crippen LogP contribution in [0.5, 0.6) is 0 Å². The van der Waals surface area contributed by atoms with Crippen molar-refractivity contribution in [2.75, 3.05) is 0 Å². The standard InChI is InChI=1S/C15H21ClN4/c1-3-7-20-8-6-18-15(20)10-14(19-17)13-9-12(16)5-4-11(13)2/h4-6,8-9,14,19H,3,7,10,17H2,1-2H3. The highest BCUT2D eigenvalue weighted by molar-refractivity contribution is 6.30. The van der Waals surface area contributed by atoms with Crippen molar-refractivity contribution in [3.8, 4) is 0 Å². The molecule has 1 atom stereocenters. The first-order chi connectivity index (χ1) is 9.65. The van der Waals surface area contributed by atoms with E-state index in [0.717, 1.165) is 35.8 Å². The molecule has 20 heavy (non-hydrogen) atoms. The van der Waals surface area contributed by atoms with Gasteiger partial charge in [0, 0.05) is 30.4 Å². The molecule has 0 spiro atoms. The minimum absolute atomic E-state index is 0.00621. The third-order valence-corrected chi connectivity index (χ3v) is 3.71. The Balaban J connectivity index is 2.24. The van der Waals surface area contributed by atoms with Crippen LogP contribution in [0.2, 0.25) is 5.02 Å². The van der Waals surface area contributed by atoms with Crippen molar-refractivity contribution in [2.45, 2.75) is 39.3 Å². The van der Waals surface area contributed by atoms with Gasteiger partial charge in [-0.2, -0.15) is 0 Å². The van der Waals surface area contributed by atoms with Crippen LogP contribution in [0.15, 0.2) is 30.6 Å². The van der Waals surface area contributed by atoms with E-state index in [1.54, 1.807) is 0 Å². The van der Waals surface area contributed by atoms with Crippen molar-refractivity contribution in [2.24, 2.45) is 5.84 Å². The molecule has 0 radical (unpaired) electrons. The van der Waals surface area contributed by atoms with Crippen LogP contribution in [-0.2, 0) is 13.0 Å². The second kappa shape index (κ2) is 6.88. The van der Waals surface area contributed by atoms with Gasteiger partial charge < -0.3 is 4.57 Å². The van der Waals surface area contributed by atoms with E-state index in [1.165, 1.54) is 5.56 Å². The maximum absolute atomic E-state index is 6.09. The molecule has 0 saturated carbocycles. The van der Waals surface area contributed by atoms with E-state index in [9.17, 15) is 0 Å². The number of nitrogens with one attached hydrogen (secondary N) is 1. The molecule has 0 saturated heterocycles. The molecule has 0 aliphatic heterocycles. The summed E-state index contributed by atoms with van der Waals surface area (Å²) in [5, 5.41) is 0.725. The number of nitrogens with two attached hydrogens (primary N) is 1. The first kappa shape index (κ1) is 15.0. The monoisotopic (exact) mass is 292 g/mol. The quantitative estimate of drug-likeness (QED) is 0.636. The van der Waals surface area contributed by atoms with Crippen LogP contribution in [0.25, 0.3) is 0 Å². The number of rotatable bonds is 6. The summed E-state index contributed by atoms with van der Waals surface area (Å²) in [7, 11) is 0. The lowest BCUT2D eigenvalue weighted by atomic mass is 9.99. The summed E-state index contributed by atoms with van der Waals surface area (Å²) in [4.78, 5) is 4.43. The van der Waals surface area contributed by atoms with E-state index in [-0.39, 0.29) is 6.04 Å². The van der Waals surface area contributed by atoms with Crippen molar-refractivity contribution >= 4 is 11.6 Å². The Labute approximate surface area is 124 Å². The van der Waals surface area contributed by atoms with Gasteiger partial charge in [0.1, 0.15) is 5.82 Å². The van der Waals surface area contributed by atoms with Crippen LogP contribution in [0.4, 0.5) is 0 Å². The maximum Gasteiger partial charge on any atom is 0.110 e. The molecule has 0 amide bonds. The molecule has 1 aromatic heterocycles. The summed E-state index contributed by atoms with van der Waals surface area (Å²) in [6, 6.07) is 5.88. The SMILES string of the molecule is CCCn1ccnc1CC(NN)c1cc(Cl)ccc1C. The van der Waals surface area contributed by atoms with E-state index in [2.05, 4.69) is 28.8 Å². The lowest BCUT2D eigenvalue weighted by molar-refractivity contribution is 0.515. The van der Waals surface area contributed by atoms with Crippen molar-refractivity contribution in [3.63, 3.8) is 0 Å². The maximum atomic E-state index is 6.09. The van der Waals surface area contributed by atoms with Crippen LogP contribution >= 0.6 is 11.6 Å². The topological polar surface area (TPSA) is 55.9 Å². The van der Waals surface area contributed by atoms with Gasteiger partial charge in [0.15, 0.2) is 0 Å². The van der Waals surface area contributed by atoms with E-state index in [4.69, 9.17) is 17.4 Å². The number of halogens is 1. The zero-order valence-electron chi connectivity index (χ0n) is 11.9. The molecule has 108 valence electrons. The number of hydrazine groups is 1. The van der Waals surface area contributed by atoms with Crippen molar-refractivity contribution < 1.29 is 0 Å². The van der Waals surface area contributed by atoms with Gasteiger partial charge in [-0.25, -0.2) is 4.98 Å². The van der Waals surface area contributed by atoms with Crippen LogP contribution in [0.1, 0.15) is 36.3 Å². The van der Waals surface area contributed by atoms with Crippen LogP contribution in [0.3, 0.4) is 0 Å². The van der Waals surface area contributed by atoms with E-state index in [1.807, 2.05) is 30.6 Å². The molecule has 3 N–H and O–H groups in total. The molecule has 4 nitrogen and oxygen atoms in total. The third-order valence-electron chi connectivity index (χ3n) is 3.47. The molecular weight excluding hydrogens is 272 g/mol. The highest BCUT2D eigenvalue weighted by atomic mass is 35.5. The first-order valence-electron chi connectivity index (χ1n) is 6.88. The average Bonchev–Trinajstić information content (AvgIpc) is 2.87. The largest absolute Gasteiger partial charge is 0.335 e. The minimum atomic E-state index is 0.00621. The number of nitrogens with zero attached hydrogens (tertiary/aromatic N) is 2. The van der Waals surface area contributed by atoms with Gasteiger partial charge in [-0.15, -0.1) is 0 Å². The number of aromatic nitrogens is 2. The Bertz CT molecular complexity index is 565. The number of benzene rings is 1. The zero-order valence-corrected chi connectivity index (χ0v) is 12.7. The van der Waals surface area contributed by atoms with Gasteiger partial charge in [-0.05, 0) is 36.6 Å². The van der Waals surface area contributed by atoms with E-state index < -0.39 is 0 Å². The van der Waals surface area contributed by atoms with Crippen molar-refractivity contribution in [3.05, 3.63) is 52.6 Å². The molecule has 0 aliphatic carbocycles. The number of aryl methyl sites for hydroxylation is 2. The molecule has 0 aliphatic rings. The third kappa shape index (κ3) is 3.39. The Morgan fingerprint density at radius 3 is 2.95 bits per heavy atom. The molecule has 2 rings (SSSR count). The Hall–Kier alpha value is -1.36. The van der Waals surface area contributed by atoms with Crippen LogP contribution < -0.4 is 11.3 Å². The normalized spacial score (nSPS) is 12.6. The van der Waals surface area contributed by atoms with Crippen LogP contribution in [0, 0.1) is 6.92 Å². The number of hydrogen-bond donors (Lipinski definition) is 2. The van der Waals surface area contributed by atoms with Gasteiger partial charge in [0.05, 0.1) is 6.04 Å². The molecule has 1 aromatic carbocycles. The van der Waals surface area contributed by atoms with E-state index in [0.29, 0.717) is 0 Å². The molecule has 2 aromatic rings. The van der Waals surface area contributed by atoms with Crippen molar-refractivity contribution in [1.82, 2.24) is 15.0 Å². The molecule has 0 fully saturated rings. The summed E-state index contributed by atoms with van der Waals surface area (Å²) in [5.74, 6) is 6.77. The smallest absolute Gasteiger partial charge is 0.110 e. The number of hydrogen-bond acceptors (Lipinski definition) is 3. The van der Waals surface area contributed by atoms with Gasteiger partial charge in [0.2, 0.25) is 0 Å². The summed E-state index contributed by atoms with van der Waals surface area (Å²) < 4.78 is 2.17. The fourth-order valence-corrected chi connectivity index (χ4v) is 2.58. The summed E-state index contributed by atoms with van der Waals surface area (Å²) in [6.45, 7) is 5.19. The van der Waals surface area contributed by atoms with Crippen molar-refractivity contribution in [1.29, 1.82) is 0 Å². The lowest BCUT2D eigenvalue weighted by Gasteiger charge is -2.19.